The van der Waals surface area contributed by atoms with Crippen molar-refractivity contribution in [1.82, 2.24) is 0 Å². The summed E-state index contributed by atoms with van der Waals surface area (Å²) in [7, 11) is -0.649. The van der Waals surface area contributed by atoms with Crippen molar-refractivity contribution >= 4 is 10.0 Å². The molecule has 0 heterocycles. The number of ether oxygens (including phenoxy) is 2. The molecule has 0 aromatic heterocycles. The number of hydrogen-bond donors (Lipinski definition) is 1. The van der Waals surface area contributed by atoms with Crippen molar-refractivity contribution in [3.8, 4) is 5.75 Å². The van der Waals surface area contributed by atoms with Crippen molar-refractivity contribution in [3.05, 3.63) is 29.8 Å². The maximum Gasteiger partial charge on any atom is 0.221 e. The Bertz CT molecular complexity index is 511. The van der Waals surface area contributed by atoms with E-state index in [9.17, 15) is 8.42 Å². The lowest BCUT2D eigenvalue weighted by Gasteiger charge is -2.15. The summed E-state index contributed by atoms with van der Waals surface area (Å²) in [6, 6.07) is 6.85. The van der Waals surface area contributed by atoms with Gasteiger partial charge in [-0.2, -0.15) is 0 Å². The van der Waals surface area contributed by atoms with Gasteiger partial charge in [0, 0.05) is 13.5 Å². The first-order valence-corrected chi connectivity index (χ1v) is 6.70. The molecule has 2 unspecified atom stereocenters. The summed E-state index contributed by atoms with van der Waals surface area (Å²) in [4.78, 5) is 0. The molecule has 1 aromatic rings. The number of sulfonamides is 1. The van der Waals surface area contributed by atoms with E-state index >= 15 is 0 Å². The molecule has 1 aliphatic carbocycles. The average Bonchev–Trinajstić information content (AvgIpc) is 3.04. The molecule has 6 heteroatoms. The van der Waals surface area contributed by atoms with Crippen LogP contribution < -0.4 is 9.88 Å². The molecule has 0 spiro atoms. The van der Waals surface area contributed by atoms with Crippen LogP contribution in [0.15, 0.2) is 24.3 Å². The summed E-state index contributed by atoms with van der Waals surface area (Å²) in [5.41, 5.74) is 0.646. The van der Waals surface area contributed by atoms with Crippen molar-refractivity contribution in [2.24, 2.45) is 5.14 Å². The zero-order valence-corrected chi connectivity index (χ0v) is 10.5. The van der Waals surface area contributed by atoms with Gasteiger partial charge in [-0.1, -0.05) is 12.1 Å². The van der Waals surface area contributed by atoms with Gasteiger partial charge < -0.3 is 9.47 Å². The number of methoxy groups -OCH3 is 2. The van der Waals surface area contributed by atoms with Gasteiger partial charge in [0.25, 0.3) is 0 Å². The van der Waals surface area contributed by atoms with Crippen molar-refractivity contribution in [3.63, 3.8) is 0 Å². The van der Waals surface area contributed by atoms with Gasteiger partial charge in [0.15, 0.2) is 0 Å². The minimum atomic E-state index is -3.69. The van der Waals surface area contributed by atoms with Crippen molar-refractivity contribution in [2.75, 3.05) is 14.2 Å². The quantitative estimate of drug-likeness (QED) is 0.856. The lowest BCUT2D eigenvalue weighted by Crippen LogP contribution is -2.32. The van der Waals surface area contributed by atoms with Crippen LogP contribution in [-0.4, -0.2) is 28.7 Å². The van der Waals surface area contributed by atoms with Crippen LogP contribution in [0.1, 0.15) is 12.0 Å². The highest BCUT2D eigenvalue weighted by Crippen LogP contribution is 2.53. The molecule has 1 fully saturated rings. The van der Waals surface area contributed by atoms with Crippen LogP contribution in [0.2, 0.25) is 0 Å². The van der Waals surface area contributed by atoms with Gasteiger partial charge in [-0.25, -0.2) is 13.6 Å². The summed E-state index contributed by atoms with van der Waals surface area (Å²) >= 11 is 0. The molecule has 0 aliphatic heterocycles. The Kier molecular flexibility index (Phi) is 2.89. The van der Waals surface area contributed by atoms with Gasteiger partial charge >= 0.3 is 0 Å². The van der Waals surface area contributed by atoms with E-state index in [4.69, 9.17) is 14.6 Å². The molecular weight excluding hydrogens is 242 g/mol. The molecule has 1 saturated carbocycles. The fourth-order valence-electron chi connectivity index (χ4n) is 2.13. The number of rotatable bonds is 4. The van der Waals surface area contributed by atoms with E-state index in [2.05, 4.69) is 0 Å². The second kappa shape index (κ2) is 3.97. The smallest absolute Gasteiger partial charge is 0.221 e. The van der Waals surface area contributed by atoms with Crippen LogP contribution in [0.3, 0.4) is 0 Å². The summed E-state index contributed by atoms with van der Waals surface area (Å²) < 4.78 is 32.5. The van der Waals surface area contributed by atoms with Gasteiger partial charge in [-0.3, -0.25) is 0 Å². The number of hydrogen-bond acceptors (Lipinski definition) is 4. The van der Waals surface area contributed by atoms with Gasteiger partial charge in [0.2, 0.25) is 10.0 Å². The highest BCUT2D eigenvalue weighted by atomic mass is 32.2. The number of benzene rings is 1. The van der Waals surface area contributed by atoms with Crippen molar-refractivity contribution < 1.29 is 17.9 Å². The molecule has 5 nitrogen and oxygen atoms in total. The average molecular weight is 257 g/mol. The number of nitrogens with two attached hydrogens (primary N) is 1. The maximum atomic E-state index is 11.7. The van der Waals surface area contributed by atoms with Crippen LogP contribution in [0, 0.1) is 0 Å². The van der Waals surface area contributed by atoms with Crippen LogP contribution in [0.4, 0.5) is 0 Å². The Morgan fingerprint density at radius 3 is 2.24 bits per heavy atom. The van der Waals surface area contributed by atoms with E-state index in [0.717, 1.165) is 0 Å². The molecule has 94 valence electrons. The number of primary sulfonamides is 1. The molecule has 0 saturated heterocycles. The summed E-state index contributed by atoms with van der Waals surface area (Å²) in [5, 5.41) is 5.31. The zero-order valence-electron chi connectivity index (χ0n) is 9.71. The molecule has 1 aliphatic rings. The Morgan fingerprint density at radius 2 is 1.88 bits per heavy atom. The molecule has 0 amide bonds. The van der Waals surface area contributed by atoms with E-state index in [-0.39, 0.29) is 6.10 Å². The standard InChI is InChI=1S/C11H15NO4S/c1-15-9-5-3-8(4-6-9)11(17(12,13)14)7-10(11)16-2/h3-6,10H,7H2,1-2H3,(H2,12,13,14). The van der Waals surface area contributed by atoms with Crippen molar-refractivity contribution in [2.45, 2.75) is 17.3 Å². The van der Waals surface area contributed by atoms with E-state index in [1.165, 1.54) is 7.11 Å². The minimum absolute atomic E-state index is 0.370. The van der Waals surface area contributed by atoms with E-state index < -0.39 is 14.8 Å². The van der Waals surface area contributed by atoms with Crippen LogP contribution >= 0.6 is 0 Å². The minimum Gasteiger partial charge on any atom is -0.497 e. The molecule has 1 aromatic carbocycles. The normalized spacial score (nSPS) is 27.8. The van der Waals surface area contributed by atoms with Gasteiger partial charge in [0.1, 0.15) is 10.5 Å². The molecular formula is C11H15NO4S. The largest absolute Gasteiger partial charge is 0.497 e. The molecule has 17 heavy (non-hydrogen) atoms. The lowest BCUT2D eigenvalue weighted by molar-refractivity contribution is 0.172. The molecule has 2 atom stereocenters. The second-order valence-electron chi connectivity index (χ2n) is 4.09. The van der Waals surface area contributed by atoms with Gasteiger partial charge in [-0.05, 0) is 17.7 Å². The third-order valence-electron chi connectivity index (χ3n) is 3.22. The molecule has 0 radical (unpaired) electrons. The Morgan fingerprint density at radius 1 is 1.29 bits per heavy atom. The van der Waals surface area contributed by atoms with Gasteiger partial charge in [0.05, 0.1) is 13.2 Å². The fraction of sp³-hybridized carbons (Fsp3) is 0.455. The van der Waals surface area contributed by atoms with E-state index in [1.54, 1.807) is 31.4 Å². The van der Waals surface area contributed by atoms with E-state index in [0.29, 0.717) is 17.7 Å². The lowest BCUT2D eigenvalue weighted by atomic mass is 10.1. The monoisotopic (exact) mass is 257 g/mol. The predicted molar refractivity (Wildman–Crippen MR) is 63.2 cm³/mol. The van der Waals surface area contributed by atoms with E-state index in [1.807, 2.05) is 0 Å². The molecule has 2 rings (SSSR count). The maximum absolute atomic E-state index is 11.7. The highest BCUT2D eigenvalue weighted by Gasteiger charge is 2.64. The zero-order chi connectivity index (χ0) is 12.7. The summed E-state index contributed by atoms with van der Waals surface area (Å²) in [6.07, 6.45) is 0.0279. The summed E-state index contributed by atoms with van der Waals surface area (Å²) in [5.74, 6) is 0.674. The SMILES string of the molecule is COc1ccc(C2(S(N)(=O)=O)CC2OC)cc1. The van der Waals surface area contributed by atoms with Crippen molar-refractivity contribution in [1.29, 1.82) is 0 Å². The van der Waals surface area contributed by atoms with Crippen LogP contribution in [0.25, 0.3) is 0 Å². The Balaban J connectivity index is 2.42. The first-order valence-electron chi connectivity index (χ1n) is 5.15. The topological polar surface area (TPSA) is 78.6 Å². The first kappa shape index (κ1) is 12.3. The van der Waals surface area contributed by atoms with Crippen LogP contribution in [0.5, 0.6) is 5.75 Å². The van der Waals surface area contributed by atoms with Gasteiger partial charge in [-0.15, -0.1) is 0 Å². The molecule has 0 bridgehead atoms. The summed E-state index contributed by atoms with van der Waals surface area (Å²) in [6.45, 7) is 0. The third-order valence-corrected chi connectivity index (χ3v) is 4.90. The highest BCUT2D eigenvalue weighted by molar-refractivity contribution is 7.90. The Labute approximate surface area is 101 Å². The van der Waals surface area contributed by atoms with Crippen LogP contribution in [-0.2, 0) is 19.5 Å². The second-order valence-corrected chi connectivity index (χ2v) is 5.91. The molecule has 2 N–H and O–H groups in total. The third kappa shape index (κ3) is 1.82. The first-order chi connectivity index (χ1) is 7.95. The Hall–Kier alpha value is -1.11. The fourth-order valence-corrected chi connectivity index (χ4v) is 3.44. The predicted octanol–water partition coefficient (Wildman–Crippen LogP) is 0.598.